The van der Waals surface area contributed by atoms with Crippen molar-refractivity contribution in [3.8, 4) is 0 Å². The first kappa shape index (κ1) is 21.3. The molecule has 2 aliphatic heterocycles. The molecule has 0 saturated carbocycles. The molecule has 0 fully saturated rings. The molecular weight excluding hydrogens is 449 g/mol. The fourth-order valence-corrected chi connectivity index (χ4v) is 3.96. The Hall–Kier alpha value is -2.94. The highest BCUT2D eigenvalue weighted by molar-refractivity contribution is 6.31. The minimum absolute atomic E-state index is 0.0804. The minimum atomic E-state index is -0.690. The van der Waals surface area contributed by atoms with Crippen molar-refractivity contribution < 1.29 is 23.8 Å². The first-order valence-corrected chi connectivity index (χ1v) is 10.1. The molecule has 2 aromatic rings. The van der Waals surface area contributed by atoms with Gasteiger partial charge >= 0.3 is 0 Å². The number of rotatable bonds is 3. The van der Waals surface area contributed by atoms with Crippen molar-refractivity contribution in [3.05, 3.63) is 75.4 Å². The molecule has 2 aliphatic rings. The lowest BCUT2D eigenvalue weighted by Crippen LogP contribution is -2.90. The van der Waals surface area contributed by atoms with E-state index in [4.69, 9.17) is 23.2 Å². The Balaban J connectivity index is 1.72. The van der Waals surface area contributed by atoms with Crippen LogP contribution < -0.4 is 21.1 Å². The van der Waals surface area contributed by atoms with Crippen LogP contribution in [0.1, 0.15) is 12.5 Å². The predicted molar refractivity (Wildman–Crippen MR) is 114 cm³/mol. The molecule has 4 rings (SSSR count). The summed E-state index contributed by atoms with van der Waals surface area (Å²) in [6.45, 7) is 1.27. The van der Waals surface area contributed by atoms with Gasteiger partial charge in [0, 0.05) is 22.5 Å². The van der Waals surface area contributed by atoms with Gasteiger partial charge in [0.05, 0.1) is 22.2 Å². The molecule has 0 aliphatic carbocycles. The van der Waals surface area contributed by atoms with Gasteiger partial charge in [0.1, 0.15) is 18.2 Å². The second kappa shape index (κ2) is 8.30. The topological polar surface area (TPSA) is 78.1 Å². The number of carbonyl (C=O) groups is 2. The molecule has 0 aromatic heterocycles. The summed E-state index contributed by atoms with van der Waals surface area (Å²) in [5.41, 5.74) is 6.17. The number of nitrogens with zero attached hydrogens (tertiary/aromatic N) is 1. The third kappa shape index (κ3) is 4.01. The van der Waals surface area contributed by atoms with Crippen molar-refractivity contribution in [2.45, 2.75) is 6.92 Å². The molecule has 2 heterocycles. The number of hydrogen-bond acceptors (Lipinski definition) is 3. The summed E-state index contributed by atoms with van der Waals surface area (Å²) in [5.74, 6) is -2.94. The van der Waals surface area contributed by atoms with E-state index in [9.17, 15) is 18.4 Å². The third-order valence-electron chi connectivity index (χ3n) is 5.10. The van der Waals surface area contributed by atoms with Gasteiger partial charge in [0.15, 0.2) is 5.70 Å². The van der Waals surface area contributed by atoms with Crippen LogP contribution in [0.3, 0.4) is 0 Å². The van der Waals surface area contributed by atoms with Gasteiger partial charge < -0.3 is 10.2 Å². The Labute approximate surface area is 186 Å². The fourth-order valence-electron chi connectivity index (χ4n) is 3.64. The van der Waals surface area contributed by atoms with E-state index in [0.717, 1.165) is 12.1 Å². The van der Waals surface area contributed by atoms with Crippen molar-refractivity contribution in [1.82, 2.24) is 5.43 Å². The Morgan fingerprint density at radius 3 is 2.74 bits per heavy atom. The van der Waals surface area contributed by atoms with Crippen LogP contribution in [-0.4, -0.2) is 18.4 Å². The van der Waals surface area contributed by atoms with Gasteiger partial charge in [0.25, 0.3) is 0 Å². The zero-order valence-corrected chi connectivity index (χ0v) is 17.7. The van der Waals surface area contributed by atoms with Gasteiger partial charge in [0.2, 0.25) is 11.8 Å². The molecule has 1 atom stereocenters. The summed E-state index contributed by atoms with van der Waals surface area (Å²) in [7, 11) is 0. The lowest BCUT2D eigenvalue weighted by atomic mass is 9.95. The number of allylic oxidation sites excluding steroid dienone is 1. The van der Waals surface area contributed by atoms with Gasteiger partial charge in [-0.1, -0.05) is 23.2 Å². The van der Waals surface area contributed by atoms with Gasteiger partial charge in [-0.25, -0.2) is 19.6 Å². The normalized spacial score (nSPS) is 17.6. The summed E-state index contributed by atoms with van der Waals surface area (Å²) in [5, 5.41) is 2.54. The largest absolute Gasteiger partial charge is 0.324 e. The first-order valence-electron chi connectivity index (χ1n) is 9.32. The third-order valence-corrected chi connectivity index (χ3v) is 5.62. The summed E-state index contributed by atoms with van der Waals surface area (Å²) in [4.78, 5) is 27.2. The van der Waals surface area contributed by atoms with Gasteiger partial charge in [-0.05, 0) is 43.3 Å². The molecule has 6 nitrogen and oxygen atoms in total. The number of fused-ring (bicyclic) bond motifs is 2. The molecule has 2 aromatic carbocycles. The first-order chi connectivity index (χ1) is 14.8. The summed E-state index contributed by atoms with van der Waals surface area (Å²) < 4.78 is 28.7. The molecule has 2 amide bonds. The number of carbonyl (C=O) groups excluding carboxylic acids is 2. The molecule has 0 unspecified atom stereocenters. The van der Waals surface area contributed by atoms with E-state index in [1.54, 1.807) is 24.6 Å². The van der Waals surface area contributed by atoms with Gasteiger partial charge in [-0.2, -0.15) is 0 Å². The van der Waals surface area contributed by atoms with Crippen LogP contribution in [-0.2, 0) is 9.59 Å². The van der Waals surface area contributed by atoms with Gasteiger partial charge in [-0.3, -0.25) is 9.59 Å². The number of quaternary nitrogens is 1. The fraction of sp³-hybridized carbons (Fsp3) is 0.143. The number of benzene rings is 2. The molecule has 10 heteroatoms. The van der Waals surface area contributed by atoms with Crippen molar-refractivity contribution in [2.75, 3.05) is 16.8 Å². The zero-order chi connectivity index (χ0) is 22.3. The second-order valence-corrected chi connectivity index (χ2v) is 7.96. The maximum atomic E-state index is 15.0. The average molecular weight is 466 g/mol. The number of anilines is 2. The molecule has 4 N–H and O–H groups in total. The maximum absolute atomic E-state index is 15.0. The van der Waals surface area contributed by atoms with Crippen molar-refractivity contribution in [2.24, 2.45) is 5.92 Å². The van der Waals surface area contributed by atoms with Gasteiger partial charge in [-0.15, -0.1) is 0 Å². The highest BCUT2D eigenvalue weighted by atomic mass is 35.5. The van der Waals surface area contributed by atoms with Crippen LogP contribution in [0.2, 0.25) is 10.0 Å². The predicted octanol–water partition coefficient (Wildman–Crippen LogP) is 3.20. The summed E-state index contributed by atoms with van der Waals surface area (Å²) in [6, 6.07) is 6.42. The Morgan fingerprint density at radius 1 is 1.23 bits per heavy atom. The quantitative estimate of drug-likeness (QED) is 0.609. The molecule has 0 bridgehead atoms. The van der Waals surface area contributed by atoms with Crippen molar-refractivity contribution >= 4 is 52.1 Å². The molecule has 31 heavy (non-hydrogen) atoms. The average Bonchev–Trinajstić information content (AvgIpc) is 2.80. The maximum Gasteiger partial charge on any atom is 0.244 e. The van der Waals surface area contributed by atoms with Crippen LogP contribution in [0, 0.1) is 17.6 Å². The Morgan fingerprint density at radius 2 is 2.00 bits per heavy atom. The highest BCUT2D eigenvalue weighted by Gasteiger charge is 2.38. The smallest absolute Gasteiger partial charge is 0.244 e. The monoisotopic (exact) mass is 465 g/mol. The zero-order valence-electron chi connectivity index (χ0n) is 16.2. The van der Waals surface area contributed by atoms with E-state index in [1.165, 1.54) is 23.1 Å². The molecular formula is C21H17Cl2F2N4O2+. The van der Waals surface area contributed by atoms with E-state index in [1.807, 2.05) is 0 Å². The number of amides is 2. The number of nitrogens with one attached hydrogen (secondary N) is 2. The van der Waals surface area contributed by atoms with Crippen LogP contribution in [0.25, 0.3) is 5.70 Å². The van der Waals surface area contributed by atoms with Crippen LogP contribution in [0.4, 0.5) is 20.2 Å². The van der Waals surface area contributed by atoms with E-state index < -0.39 is 35.9 Å². The summed E-state index contributed by atoms with van der Waals surface area (Å²) in [6.07, 6.45) is 3.35. The lowest BCUT2D eigenvalue weighted by Gasteiger charge is -2.24. The number of hydrogen-bond donors (Lipinski definition) is 3. The lowest BCUT2D eigenvalue weighted by molar-refractivity contribution is -0.616. The van der Waals surface area contributed by atoms with E-state index in [-0.39, 0.29) is 27.0 Å². The standard InChI is InChI=1S/C21H16Cl2F2N4O2/c1-10-13-4-5-26-28-20(13)19-16(25)6-11(22)7-17(19)29(21(10)31)9-18(30)27-12-2-3-14(23)15(24)8-12/h2-8,10,26,28H,9H2,1H3,(H,27,30)/p+1/t10-/m1/s1. The highest BCUT2D eigenvalue weighted by Crippen LogP contribution is 2.38. The second-order valence-electron chi connectivity index (χ2n) is 7.12. The molecule has 0 spiro atoms. The summed E-state index contributed by atoms with van der Waals surface area (Å²) >= 11 is 11.7. The Bertz CT molecular complexity index is 1170. The molecule has 160 valence electrons. The SMILES string of the molecule is C[C@H]1C(=O)N(CC(=O)Nc2ccc(Cl)c(F)c2)c2cc(Cl)cc(F)c2C2=C1C=CN[NH2+]2. The van der Waals surface area contributed by atoms with E-state index >= 15 is 0 Å². The van der Waals surface area contributed by atoms with Crippen molar-refractivity contribution in [3.63, 3.8) is 0 Å². The minimum Gasteiger partial charge on any atom is -0.324 e. The van der Waals surface area contributed by atoms with Crippen molar-refractivity contribution in [1.29, 1.82) is 0 Å². The number of nitrogens with two attached hydrogens (primary N) is 1. The van der Waals surface area contributed by atoms with E-state index in [0.29, 0.717) is 11.3 Å². The molecule has 0 radical (unpaired) electrons. The van der Waals surface area contributed by atoms with E-state index in [2.05, 4.69) is 10.7 Å². The van der Waals surface area contributed by atoms with Crippen LogP contribution in [0.5, 0.6) is 0 Å². The van der Waals surface area contributed by atoms with Crippen LogP contribution in [0.15, 0.2) is 48.2 Å². The van der Waals surface area contributed by atoms with Crippen LogP contribution >= 0.6 is 23.2 Å². The Kier molecular flexibility index (Phi) is 5.70. The number of halogens is 4. The molecule has 0 saturated heterocycles.